The summed E-state index contributed by atoms with van der Waals surface area (Å²) in [6, 6.07) is 8.85. The van der Waals surface area contributed by atoms with Gasteiger partial charge < -0.3 is 9.88 Å². The van der Waals surface area contributed by atoms with Crippen molar-refractivity contribution in [3.8, 4) is 6.07 Å². The number of hydrogen-bond acceptors (Lipinski definition) is 2. The van der Waals surface area contributed by atoms with Gasteiger partial charge in [-0.25, -0.2) is 0 Å². The van der Waals surface area contributed by atoms with E-state index >= 15 is 0 Å². The number of rotatable bonds is 4. The number of amides is 1. The predicted octanol–water partition coefficient (Wildman–Crippen LogP) is 6.17. The quantitative estimate of drug-likeness (QED) is 0.479. The molecule has 0 bridgehead atoms. The van der Waals surface area contributed by atoms with Gasteiger partial charge >= 0.3 is 6.18 Å². The number of hydrogen-bond donors (Lipinski definition) is 1. The van der Waals surface area contributed by atoms with Crippen LogP contribution in [0.15, 0.2) is 35.9 Å². The van der Waals surface area contributed by atoms with Gasteiger partial charge in [0.15, 0.2) is 0 Å². The number of carbonyl (C=O) groups is 1. The Labute approximate surface area is 174 Å². The van der Waals surface area contributed by atoms with Crippen LogP contribution in [0.3, 0.4) is 0 Å². The van der Waals surface area contributed by atoms with Gasteiger partial charge in [0, 0.05) is 17.4 Å². The van der Waals surface area contributed by atoms with Crippen molar-refractivity contribution in [1.82, 2.24) is 4.57 Å². The third-order valence-corrected chi connectivity index (χ3v) is 5.61. The highest BCUT2D eigenvalue weighted by molar-refractivity contribution is 6.10. The zero-order valence-corrected chi connectivity index (χ0v) is 17.0. The minimum Gasteiger partial charge on any atom is -0.346 e. The van der Waals surface area contributed by atoms with Gasteiger partial charge in [-0.3, -0.25) is 4.79 Å². The summed E-state index contributed by atoms with van der Waals surface area (Å²) in [7, 11) is 0. The van der Waals surface area contributed by atoms with E-state index in [2.05, 4.69) is 9.88 Å². The predicted molar refractivity (Wildman–Crippen MR) is 110 cm³/mol. The van der Waals surface area contributed by atoms with Crippen molar-refractivity contribution in [2.24, 2.45) is 0 Å². The number of aryl methyl sites for hydroxylation is 1. The molecule has 0 atom stereocenters. The lowest BCUT2D eigenvalue weighted by Crippen LogP contribution is -2.17. The standard InChI is InChI=1S/C23H24F3N3O/c1-15-12-17(16(2)29(15)19-8-4-3-5-9-19)13-18(14-27)22(30)28-21-11-7-6-10-20(21)23(24,25)26/h6-7,10-13,19H,3-5,8-9H2,1-2H3,(H,28,30)/b18-13+. The minimum atomic E-state index is -4.61. The first kappa shape index (κ1) is 21.7. The molecular formula is C23H24F3N3O. The van der Waals surface area contributed by atoms with Gasteiger partial charge in [0.2, 0.25) is 0 Å². The number of nitrogens with zero attached hydrogens (tertiary/aromatic N) is 2. The molecule has 0 aliphatic heterocycles. The second-order valence-corrected chi connectivity index (χ2v) is 7.66. The molecule has 158 valence electrons. The monoisotopic (exact) mass is 415 g/mol. The summed E-state index contributed by atoms with van der Waals surface area (Å²) in [6.45, 7) is 3.93. The van der Waals surface area contributed by atoms with Crippen molar-refractivity contribution in [3.63, 3.8) is 0 Å². The maximum atomic E-state index is 13.2. The number of alkyl halides is 3. The fraction of sp³-hybridized carbons (Fsp3) is 0.391. The highest BCUT2D eigenvalue weighted by Gasteiger charge is 2.33. The third-order valence-electron chi connectivity index (χ3n) is 5.61. The molecule has 1 heterocycles. The van der Waals surface area contributed by atoms with Gasteiger partial charge in [-0.15, -0.1) is 0 Å². The Hall–Kier alpha value is -3.01. The summed E-state index contributed by atoms with van der Waals surface area (Å²) in [6.07, 6.45) is 2.63. The summed E-state index contributed by atoms with van der Waals surface area (Å²) in [5, 5.41) is 11.7. The molecule has 30 heavy (non-hydrogen) atoms. The molecule has 1 aliphatic carbocycles. The first-order valence-electron chi connectivity index (χ1n) is 10.00. The molecule has 0 saturated heterocycles. The Morgan fingerprint density at radius 3 is 2.50 bits per heavy atom. The van der Waals surface area contributed by atoms with Crippen molar-refractivity contribution < 1.29 is 18.0 Å². The van der Waals surface area contributed by atoms with Crippen molar-refractivity contribution in [2.75, 3.05) is 5.32 Å². The van der Waals surface area contributed by atoms with Crippen molar-refractivity contribution in [2.45, 2.75) is 58.2 Å². The number of nitriles is 1. The number of para-hydroxylation sites is 1. The Balaban J connectivity index is 1.88. The summed E-state index contributed by atoms with van der Waals surface area (Å²) in [5.41, 5.74) is 1.17. The number of anilines is 1. The van der Waals surface area contributed by atoms with Crippen LogP contribution in [0.5, 0.6) is 0 Å². The van der Waals surface area contributed by atoms with Crippen LogP contribution in [0.1, 0.15) is 60.7 Å². The number of carbonyl (C=O) groups excluding carboxylic acids is 1. The molecule has 0 spiro atoms. The summed E-state index contributed by atoms with van der Waals surface area (Å²) in [5.74, 6) is -0.864. The Morgan fingerprint density at radius 1 is 1.20 bits per heavy atom. The van der Waals surface area contributed by atoms with E-state index in [4.69, 9.17) is 0 Å². The average Bonchev–Trinajstić information content (AvgIpc) is 2.99. The van der Waals surface area contributed by atoms with Gasteiger partial charge in [-0.1, -0.05) is 31.4 Å². The van der Waals surface area contributed by atoms with Gasteiger partial charge in [0.25, 0.3) is 5.91 Å². The average molecular weight is 415 g/mol. The zero-order valence-electron chi connectivity index (χ0n) is 17.0. The minimum absolute atomic E-state index is 0.240. The van der Waals surface area contributed by atoms with Crippen LogP contribution in [0.2, 0.25) is 0 Å². The number of halogens is 3. The van der Waals surface area contributed by atoms with Crippen molar-refractivity contribution in [1.29, 1.82) is 5.26 Å². The molecule has 0 radical (unpaired) electrons. The lowest BCUT2D eigenvalue weighted by atomic mass is 9.95. The Morgan fingerprint density at radius 2 is 1.87 bits per heavy atom. The van der Waals surface area contributed by atoms with Crippen LogP contribution >= 0.6 is 0 Å². The molecule has 4 nitrogen and oxygen atoms in total. The van der Waals surface area contributed by atoms with E-state index in [-0.39, 0.29) is 11.3 Å². The van der Waals surface area contributed by atoms with Crippen LogP contribution < -0.4 is 5.32 Å². The molecule has 0 unspecified atom stereocenters. The van der Waals surface area contributed by atoms with E-state index in [0.717, 1.165) is 35.9 Å². The molecule has 1 aromatic carbocycles. The SMILES string of the molecule is Cc1cc(/C=C(\C#N)C(=O)Nc2ccccc2C(F)(F)F)c(C)n1C1CCCCC1. The van der Waals surface area contributed by atoms with Crippen LogP contribution in [0.4, 0.5) is 18.9 Å². The third kappa shape index (κ3) is 4.59. The van der Waals surface area contributed by atoms with E-state index in [9.17, 15) is 23.2 Å². The smallest absolute Gasteiger partial charge is 0.346 e. The molecule has 1 saturated carbocycles. The van der Waals surface area contributed by atoms with Crippen molar-refractivity contribution in [3.05, 3.63) is 58.4 Å². The van der Waals surface area contributed by atoms with Crippen molar-refractivity contribution >= 4 is 17.7 Å². The van der Waals surface area contributed by atoms with E-state index in [1.165, 1.54) is 43.5 Å². The van der Waals surface area contributed by atoms with Gasteiger partial charge in [-0.05, 0) is 56.5 Å². The first-order valence-corrected chi connectivity index (χ1v) is 10.00. The largest absolute Gasteiger partial charge is 0.418 e. The molecule has 1 aromatic heterocycles. The molecule has 1 N–H and O–H groups in total. The van der Waals surface area contributed by atoms with Gasteiger partial charge in [0.1, 0.15) is 11.6 Å². The second kappa shape index (κ2) is 8.78. The topological polar surface area (TPSA) is 57.8 Å². The molecule has 1 amide bonds. The Kier molecular flexibility index (Phi) is 6.35. The molecule has 7 heteroatoms. The highest BCUT2D eigenvalue weighted by atomic mass is 19.4. The van der Waals surface area contributed by atoms with Crippen LogP contribution in [0, 0.1) is 25.2 Å². The maximum absolute atomic E-state index is 13.2. The fourth-order valence-electron chi connectivity index (χ4n) is 4.18. The van der Waals surface area contributed by atoms with Gasteiger partial charge in [-0.2, -0.15) is 18.4 Å². The van der Waals surface area contributed by atoms with E-state index in [0.29, 0.717) is 6.04 Å². The van der Waals surface area contributed by atoms with Crippen LogP contribution in [0.25, 0.3) is 6.08 Å². The zero-order chi connectivity index (χ0) is 21.9. The summed E-state index contributed by atoms with van der Waals surface area (Å²) in [4.78, 5) is 12.6. The molecule has 1 aliphatic rings. The van der Waals surface area contributed by atoms with Crippen LogP contribution in [-0.2, 0) is 11.0 Å². The van der Waals surface area contributed by atoms with E-state index in [1.54, 1.807) is 0 Å². The lowest BCUT2D eigenvalue weighted by Gasteiger charge is -2.26. The second-order valence-electron chi connectivity index (χ2n) is 7.66. The Bertz CT molecular complexity index is 1010. The summed E-state index contributed by atoms with van der Waals surface area (Å²) < 4.78 is 41.8. The maximum Gasteiger partial charge on any atom is 0.418 e. The highest BCUT2D eigenvalue weighted by Crippen LogP contribution is 2.35. The van der Waals surface area contributed by atoms with E-state index in [1.807, 2.05) is 26.0 Å². The number of benzene rings is 1. The number of aromatic nitrogens is 1. The molecule has 2 aromatic rings. The fourth-order valence-corrected chi connectivity index (χ4v) is 4.18. The van der Waals surface area contributed by atoms with E-state index < -0.39 is 17.6 Å². The normalized spacial score (nSPS) is 15.7. The van der Waals surface area contributed by atoms with Gasteiger partial charge in [0.05, 0.1) is 11.3 Å². The first-order chi connectivity index (χ1) is 14.2. The molecule has 3 rings (SSSR count). The molecule has 1 fully saturated rings. The lowest BCUT2D eigenvalue weighted by molar-refractivity contribution is -0.137. The summed E-state index contributed by atoms with van der Waals surface area (Å²) >= 11 is 0. The van der Waals surface area contributed by atoms with Crippen LogP contribution in [-0.4, -0.2) is 10.5 Å². The number of nitrogens with one attached hydrogen (secondary N) is 1. The molecular weight excluding hydrogens is 391 g/mol.